The molecular weight excluding hydrogens is 732 g/mol. The van der Waals surface area contributed by atoms with Crippen molar-refractivity contribution in [3.8, 4) is 11.5 Å². The third-order valence-electron chi connectivity index (χ3n) is 3.74. The number of hydrogen-bond donors (Lipinski definition) is 2. The van der Waals surface area contributed by atoms with Crippen LogP contribution in [0.2, 0.25) is 0 Å². The monoisotopic (exact) mass is 753 g/mol. The number of hydrogen-bond acceptors (Lipinski definition) is 5. The molecule has 1 atom stereocenters. The summed E-state index contributed by atoms with van der Waals surface area (Å²) in [5.74, 6) is 1.78. The molecule has 1 amide bonds. The topological polar surface area (TPSA) is 72.5 Å². The first-order chi connectivity index (χ1) is 15.5. The van der Waals surface area contributed by atoms with Gasteiger partial charge in [-0.05, 0) is 19.4 Å². The van der Waals surface area contributed by atoms with Crippen molar-refractivity contribution in [1.82, 2.24) is 4.98 Å². The second-order valence-electron chi connectivity index (χ2n) is 6.15. The van der Waals surface area contributed by atoms with E-state index in [1.165, 1.54) is 0 Å². The summed E-state index contributed by atoms with van der Waals surface area (Å²) in [7, 11) is 0. The number of nitrogens with zero attached hydrogens (tertiary/aromatic N) is 1. The normalized spacial score (nSPS) is 13.2. The molecule has 2 heterocycles. The van der Waals surface area contributed by atoms with Gasteiger partial charge in [-0.15, -0.1) is 18.2 Å². The summed E-state index contributed by atoms with van der Waals surface area (Å²) in [4.78, 5) is 15.7. The van der Waals surface area contributed by atoms with Crippen LogP contribution in [0.4, 0.5) is 17.8 Å². The van der Waals surface area contributed by atoms with E-state index in [0.717, 1.165) is 5.56 Å². The average Bonchev–Trinajstić information content (AvgIpc) is 2.74. The Balaban J connectivity index is 0.000000820. The maximum absolute atomic E-state index is 11.5. The number of anilines is 2. The van der Waals surface area contributed by atoms with E-state index in [1.807, 2.05) is 13.8 Å². The Morgan fingerprint density at radius 1 is 1.24 bits per heavy atom. The van der Waals surface area contributed by atoms with Gasteiger partial charge in [0.2, 0.25) is 9.70 Å². The molecule has 0 radical (unpaired) electrons. The number of halogens is 6. The molecule has 2 N–H and O–H groups in total. The molecule has 0 bridgehead atoms. The Labute approximate surface area is 219 Å². The Hall–Kier alpha value is -0.888. The number of rotatable bonds is 6. The van der Waals surface area contributed by atoms with Crippen LogP contribution in [0.15, 0.2) is 30.5 Å². The average molecular weight is 755 g/mol. The van der Waals surface area contributed by atoms with E-state index in [9.17, 15) is 11.1 Å². The third-order valence-corrected chi connectivity index (χ3v) is 4.07. The number of nitrogens with one attached hydrogen (secondary N) is 2. The van der Waals surface area contributed by atoms with Crippen molar-refractivity contribution in [3.63, 3.8) is 0 Å². The van der Waals surface area contributed by atoms with Crippen molar-refractivity contribution in [2.45, 2.75) is 43.6 Å². The minimum atomic E-state index is -5.23. The summed E-state index contributed by atoms with van der Waals surface area (Å²) in [6, 6.07) is 10.2. The number of fused-ring (bicyclic) bond motifs is 1. The number of ether oxygens (including phenoxy) is 2. The van der Waals surface area contributed by atoms with Gasteiger partial charge >= 0.3 is 34.4 Å². The molecule has 0 saturated heterocycles. The summed E-state index contributed by atoms with van der Waals surface area (Å²) < 4.78 is 39.5. The van der Waals surface area contributed by atoms with Crippen LogP contribution in [-0.4, -0.2) is 27.5 Å². The molecule has 1 aromatic carbocycles. The maximum atomic E-state index is 11.5. The molecule has 1 aromatic heterocycles. The fourth-order valence-corrected chi connectivity index (χ4v) is 2.71. The van der Waals surface area contributed by atoms with E-state index in [1.54, 1.807) is 37.4 Å². The quantitative estimate of drug-likeness (QED) is 0.189. The van der Waals surface area contributed by atoms with E-state index in [2.05, 4.69) is 21.7 Å². The van der Waals surface area contributed by atoms with E-state index in [4.69, 9.17) is 44.3 Å². The minimum absolute atomic E-state index is 0.0310. The second-order valence-corrected chi connectivity index (χ2v) is 10.5. The Kier molecular flexibility index (Phi) is 13.9. The molecule has 0 saturated carbocycles. The molecule has 0 fully saturated rings. The zero-order valence-electron chi connectivity index (χ0n) is 18.0. The predicted molar refractivity (Wildman–Crippen MR) is 121 cm³/mol. The zero-order valence-corrected chi connectivity index (χ0v) is 24.5. The van der Waals surface area contributed by atoms with E-state index >= 15 is 0 Å². The van der Waals surface area contributed by atoms with Gasteiger partial charge in [-0.3, -0.25) is 4.79 Å². The molecule has 2 aromatic rings. The Morgan fingerprint density at radius 3 is 2.48 bits per heavy atom. The zero-order chi connectivity index (χ0) is 25.0. The number of aromatic nitrogens is 1. The first-order valence-electron chi connectivity index (χ1n) is 9.79. The van der Waals surface area contributed by atoms with E-state index in [-0.39, 0.29) is 18.7 Å². The predicted octanol–water partition coefficient (Wildman–Crippen LogP) is 6.99. The van der Waals surface area contributed by atoms with Gasteiger partial charge in [0.25, 0.3) is 0 Å². The van der Waals surface area contributed by atoms with Gasteiger partial charge in [0.05, 0.1) is 6.61 Å². The van der Waals surface area contributed by atoms with Gasteiger partial charge in [-0.2, -0.15) is 6.07 Å². The van der Waals surface area contributed by atoms with Crippen LogP contribution >= 0.6 is 34.8 Å². The van der Waals surface area contributed by atoms with Crippen LogP contribution in [0.3, 0.4) is 0 Å². The summed E-state index contributed by atoms with van der Waals surface area (Å²) in [5.41, 5.74) is 1.59. The molecule has 0 aliphatic carbocycles. The fraction of sp³-hybridized carbons (Fsp3) is 0.400. The first-order valence-corrected chi connectivity index (χ1v) is 15.6. The molecule has 3 rings (SSSR count). The van der Waals surface area contributed by atoms with Crippen molar-refractivity contribution < 1.29 is 48.7 Å². The number of benzene rings is 1. The SMILES string of the molecule is CC.CC(Nc1[c-]cc(Oc2ccnc3c2CCC(=O)N3)cc1)OCC(Cl)(Cl)Cl.[F][U]([F])[F]. The molecule has 183 valence electrons. The van der Waals surface area contributed by atoms with Crippen molar-refractivity contribution in [2.24, 2.45) is 0 Å². The van der Waals surface area contributed by atoms with Gasteiger partial charge in [0.15, 0.2) is 0 Å². The van der Waals surface area contributed by atoms with Crippen LogP contribution in [0.25, 0.3) is 0 Å². The fourth-order valence-electron chi connectivity index (χ4n) is 2.52. The van der Waals surface area contributed by atoms with Crippen molar-refractivity contribution in [2.75, 3.05) is 17.2 Å². The van der Waals surface area contributed by atoms with Crippen LogP contribution in [0.1, 0.15) is 32.8 Å². The molecular formula is C20H23Cl3F3N3O3U-. The van der Waals surface area contributed by atoms with Gasteiger partial charge in [-0.25, -0.2) is 4.98 Å². The van der Waals surface area contributed by atoms with Crippen LogP contribution in [0, 0.1) is 34.2 Å². The van der Waals surface area contributed by atoms with Crippen LogP contribution in [-0.2, 0) is 16.0 Å². The second kappa shape index (κ2) is 15.2. The van der Waals surface area contributed by atoms with Crippen molar-refractivity contribution in [3.05, 3.63) is 42.1 Å². The molecule has 1 unspecified atom stereocenters. The summed E-state index contributed by atoms with van der Waals surface area (Å²) >= 11 is 11.8. The van der Waals surface area contributed by atoms with Gasteiger partial charge in [0, 0.05) is 23.9 Å². The number of amides is 1. The van der Waals surface area contributed by atoms with Gasteiger partial charge < -0.3 is 20.1 Å². The summed E-state index contributed by atoms with van der Waals surface area (Å²) in [6.07, 6.45) is 2.24. The number of pyridine rings is 1. The third kappa shape index (κ3) is 12.4. The van der Waals surface area contributed by atoms with E-state index in [0.29, 0.717) is 35.8 Å². The molecule has 33 heavy (non-hydrogen) atoms. The number of carbonyl (C=O) groups is 1. The number of alkyl halides is 3. The summed E-state index contributed by atoms with van der Waals surface area (Å²) in [5, 5.41) is 5.84. The van der Waals surface area contributed by atoms with Gasteiger partial charge in [0.1, 0.15) is 17.8 Å². The first kappa shape index (κ1) is 30.1. The summed E-state index contributed by atoms with van der Waals surface area (Å²) in [6.45, 7) is 5.77. The number of carbonyl (C=O) groups excluding carboxylic acids is 1. The Morgan fingerprint density at radius 2 is 1.91 bits per heavy atom. The van der Waals surface area contributed by atoms with Crippen molar-refractivity contribution in [1.29, 1.82) is 0 Å². The van der Waals surface area contributed by atoms with E-state index < -0.39 is 31.9 Å². The standard InChI is InChI=1S/C18H17Cl3N3O3.C2H6.3FH.U/c1-11(26-10-18(19,20)21)23-12-2-4-13(5-3-12)27-15-8-9-22-17-14(15)6-7-16(25)24-17;1-2;;;;/h2,4-5,8-9,11,23H,6-7,10H2,1H3,(H,22,24,25);1-2H3;3*1H;/q-1;;;;;+3/p-3. The molecule has 1 aliphatic rings. The molecule has 13 heteroatoms. The Bertz CT molecular complexity index is 872. The van der Waals surface area contributed by atoms with Gasteiger partial charge in [-0.1, -0.05) is 54.3 Å². The van der Waals surface area contributed by atoms with Crippen LogP contribution < -0.4 is 15.4 Å². The molecule has 6 nitrogen and oxygen atoms in total. The molecule has 1 aliphatic heterocycles. The van der Waals surface area contributed by atoms with Crippen molar-refractivity contribution >= 4 is 52.2 Å². The van der Waals surface area contributed by atoms with Crippen LogP contribution in [0.5, 0.6) is 11.5 Å². The molecule has 0 spiro atoms.